The van der Waals surface area contributed by atoms with Crippen molar-refractivity contribution in [1.29, 1.82) is 0 Å². The maximum Gasteiger partial charge on any atom is 0.234 e. The van der Waals surface area contributed by atoms with E-state index in [1.165, 1.54) is 18.7 Å². The standard InChI is InChI=1S/C21H23N5O3S/c1-14(27)12-19-24-25-21(26(19)18-6-4-3-5-7-18)30-13-20(29)23-17-10-8-16(9-11-17)22-15(2)28/h3-11,14,27H,12-13H2,1-2H3,(H,22,28)(H,23,29)/t14-/m0/s1. The molecule has 30 heavy (non-hydrogen) atoms. The maximum absolute atomic E-state index is 12.4. The minimum atomic E-state index is -0.557. The third-order valence-corrected chi connectivity index (χ3v) is 4.94. The fraction of sp³-hybridized carbons (Fsp3) is 0.238. The predicted octanol–water partition coefficient (Wildman–Crippen LogP) is 2.88. The highest BCUT2D eigenvalue weighted by Gasteiger charge is 2.17. The summed E-state index contributed by atoms with van der Waals surface area (Å²) in [6, 6.07) is 16.5. The van der Waals surface area contributed by atoms with Gasteiger partial charge in [-0.15, -0.1) is 10.2 Å². The van der Waals surface area contributed by atoms with E-state index in [2.05, 4.69) is 20.8 Å². The van der Waals surface area contributed by atoms with Gasteiger partial charge in [-0.25, -0.2) is 0 Å². The molecule has 3 rings (SSSR count). The number of rotatable bonds is 8. The van der Waals surface area contributed by atoms with Crippen LogP contribution < -0.4 is 10.6 Å². The topological polar surface area (TPSA) is 109 Å². The Balaban J connectivity index is 1.67. The Morgan fingerprint density at radius 3 is 2.27 bits per heavy atom. The Labute approximate surface area is 178 Å². The second-order valence-corrected chi connectivity index (χ2v) is 7.66. The second kappa shape index (κ2) is 10.0. The summed E-state index contributed by atoms with van der Waals surface area (Å²) in [5.74, 6) is 0.438. The van der Waals surface area contributed by atoms with Gasteiger partial charge >= 0.3 is 0 Å². The summed E-state index contributed by atoms with van der Waals surface area (Å²) in [7, 11) is 0. The molecule has 156 valence electrons. The number of thioether (sulfide) groups is 1. The second-order valence-electron chi connectivity index (χ2n) is 6.72. The van der Waals surface area contributed by atoms with Crippen LogP contribution in [0.15, 0.2) is 59.8 Å². The van der Waals surface area contributed by atoms with Crippen molar-refractivity contribution < 1.29 is 14.7 Å². The number of benzene rings is 2. The monoisotopic (exact) mass is 425 g/mol. The van der Waals surface area contributed by atoms with E-state index in [1.807, 2.05) is 34.9 Å². The lowest BCUT2D eigenvalue weighted by atomic mass is 10.2. The number of aliphatic hydroxyl groups is 1. The van der Waals surface area contributed by atoms with Crippen LogP contribution in [0.25, 0.3) is 5.69 Å². The number of carbonyl (C=O) groups excluding carboxylic acids is 2. The number of carbonyl (C=O) groups is 2. The highest BCUT2D eigenvalue weighted by molar-refractivity contribution is 7.99. The van der Waals surface area contributed by atoms with E-state index in [-0.39, 0.29) is 17.6 Å². The summed E-state index contributed by atoms with van der Waals surface area (Å²) in [6.07, 6.45) is -0.201. The van der Waals surface area contributed by atoms with Crippen LogP contribution in [0, 0.1) is 0 Å². The van der Waals surface area contributed by atoms with Crippen LogP contribution in [0.5, 0.6) is 0 Å². The van der Waals surface area contributed by atoms with Gasteiger partial charge in [0.05, 0.1) is 11.9 Å². The van der Waals surface area contributed by atoms with E-state index >= 15 is 0 Å². The van der Waals surface area contributed by atoms with Gasteiger partial charge < -0.3 is 15.7 Å². The Morgan fingerprint density at radius 2 is 1.67 bits per heavy atom. The zero-order valence-corrected chi connectivity index (χ0v) is 17.5. The molecular formula is C21H23N5O3S. The average Bonchev–Trinajstić information content (AvgIpc) is 3.10. The van der Waals surface area contributed by atoms with Crippen LogP contribution >= 0.6 is 11.8 Å². The van der Waals surface area contributed by atoms with Crippen LogP contribution in [-0.2, 0) is 16.0 Å². The van der Waals surface area contributed by atoms with Gasteiger partial charge in [0, 0.05) is 30.4 Å². The molecule has 3 N–H and O–H groups in total. The van der Waals surface area contributed by atoms with Crippen molar-refractivity contribution in [2.45, 2.75) is 31.5 Å². The largest absolute Gasteiger partial charge is 0.393 e. The van der Waals surface area contributed by atoms with Crippen molar-refractivity contribution >= 4 is 35.0 Å². The zero-order valence-electron chi connectivity index (χ0n) is 16.7. The molecule has 0 saturated carbocycles. The van der Waals surface area contributed by atoms with Crippen molar-refractivity contribution in [3.8, 4) is 5.69 Å². The molecule has 0 aliphatic carbocycles. The van der Waals surface area contributed by atoms with E-state index in [1.54, 1.807) is 31.2 Å². The molecule has 0 spiro atoms. The number of hydrogen-bond acceptors (Lipinski definition) is 6. The molecule has 0 aliphatic heterocycles. The molecule has 9 heteroatoms. The van der Waals surface area contributed by atoms with Crippen LogP contribution in [0.4, 0.5) is 11.4 Å². The first-order chi connectivity index (χ1) is 14.4. The molecule has 3 aromatic rings. The minimum Gasteiger partial charge on any atom is -0.393 e. The Morgan fingerprint density at radius 1 is 1.03 bits per heavy atom. The van der Waals surface area contributed by atoms with Crippen LogP contribution in [0.2, 0.25) is 0 Å². The summed E-state index contributed by atoms with van der Waals surface area (Å²) >= 11 is 1.27. The van der Waals surface area contributed by atoms with Gasteiger partial charge in [0.25, 0.3) is 0 Å². The summed E-state index contributed by atoms with van der Waals surface area (Å²) in [5, 5.41) is 24.2. The molecule has 1 aromatic heterocycles. The number of hydrogen-bond donors (Lipinski definition) is 3. The van der Waals surface area contributed by atoms with Crippen LogP contribution in [0.3, 0.4) is 0 Å². The molecule has 0 unspecified atom stereocenters. The number of nitrogens with one attached hydrogen (secondary N) is 2. The minimum absolute atomic E-state index is 0.146. The van der Waals surface area contributed by atoms with Crippen molar-refractivity contribution in [1.82, 2.24) is 14.8 Å². The zero-order chi connectivity index (χ0) is 21.5. The number of para-hydroxylation sites is 1. The number of aromatic nitrogens is 3. The molecule has 0 aliphatic rings. The van der Waals surface area contributed by atoms with Gasteiger partial charge in [0.15, 0.2) is 5.16 Å². The number of aliphatic hydroxyl groups excluding tert-OH is 1. The van der Waals surface area contributed by atoms with Gasteiger partial charge in [0.2, 0.25) is 11.8 Å². The third-order valence-electron chi connectivity index (χ3n) is 4.01. The lowest BCUT2D eigenvalue weighted by Crippen LogP contribution is -2.15. The summed E-state index contributed by atoms with van der Waals surface area (Å²) < 4.78 is 1.85. The molecular weight excluding hydrogens is 402 g/mol. The number of anilines is 2. The summed E-state index contributed by atoms with van der Waals surface area (Å²) in [6.45, 7) is 3.13. The van der Waals surface area contributed by atoms with E-state index in [9.17, 15) is 14.7 Å². The van der Waals surface area contributed by atoms with Gasteiger partial charge in [-0.1, -0.05) is 30.0 Å². The predicted molar refractivity (Wildman–Crippen MR) is 117 cm³/mol. The van der Waals surface area contributed by atoms with Crippen molar-refractivity contribution in [3.05, 3.63) is 60.4 Å². The molecule has 0 radical (unpaired) electrons. The Kier molecular flexibility index (Phi) is 7.21. The SMILES string of the molecule is CC(=O)Nc1ccc(NC(=O)CSc2nnc(C[C@H](C)O)n2-c2ccccc2)cc1. The average molecular weight is 426 g/mol. The normalized spacial score (nSPS) is 11.7. The molecule has 0 bridgehead atoms. The van der Waals surface area contributed by atoms with E-state index in [4.69, 9.17) is 0 Å². The lowest BCUT2D eigenvalue weighted by molar-refractivity contribution is -0.114. The number of nitrogens with zero attached hydrogens (tertiary/aromatic N) is 3. The first kappa shape index (κ1) is 21.5. The van der Waals surface area contributed by atoms with Crippen molar-refractivity contribution in [2.75, 3.05) is 16.4 Å². The highest BCUT2D eigenvalue weighted by atomic mass is 32.2. The van der Waals surface area contributed by atoms with Gasteiger partial charge in [-0.2, -0.15) is 0 Å². The first-order valence-corrected chi connectivity index (χ1v) is 10.4. The van der Waals surface area contributed by atoms with E-state index < -0.39 is 6.10 Å². The quantitative estimate of drug-likeness (QED) is 0.479. The van der Waals surface area contributed by atoms with Crippen LogP contribution in [0.1, 0.15) is 19.7 Å². The summed E-state index contributed by atoms with van der Waals surface area (Å²) in [5.41, 5.74) is 2.17. The molecule has 1 heterocycles. The maximum atomic E-state index is 12.4. The molecule has 1 atom stereocenters. The van der Waals surface area contributed by atoms with Crippen molar-refractivity contribution in [3.63, 3.8) is 0 Å². The fourth-order valence-corrected chi connectivity index (χ4v) is 3.56. The van der Waals surface area contributed by atoms with Gasteiger partial charge in [0.1, 0.15) is 5.82 Å². The molecule has 8 nitrogen and oxygen atoms in total. The van der Waals surface area contributed by atoms with Crippen LogP contribution in [-0.4, -0.2) is 43.5 Å². The van der Waals surface area contributed by atoms with Gasteiger partial charge in [-0.3, -0.25) is 14.2 Å². The third kappa shape index (κ3) is 5.91. The molecule has 2 amide bonds. The van der Waals surface area contributed by atoms with Crippen molar-refractivity contribution in [2.24, 2.45) is 0 Å². The smallest absolute Gasteiger partial charge is 0.234 e. The molecule has 2 aromatic carbocycles. The van der Waals surface area contributed by atoms with Gasteiger partial charge in [-0.05, 0) is 43.3 Å². The fourth-order valence-electron chi connectivity index (χ4n) is 2.79. The number of amides is 2. The Hall–Kier alpha value is -3.17. The lowest BCUT2D eigenvalue weighted by Gasteiger charge is -2.11. The first-order valence-electron chi connectivity index (χ1n) is 9.40. The molecule has 0 saturated heterocycles. The summed E-state index contributed by atoms with van der Waals surface area (Å²) in [4.78, 5) is 23.5. The Bertz CT molecular complexity index is 1000. The highest BCUT2D eigenvalue weighted by Crippen LogP contribution is 2.23. The van der Waals surface area contributed by atoms with E-state index in [0.717, 1.165) is 5.69 Å². The molecule has 0 fully saturated rings. The van der Waals surface area contributed by atoms with E-state index in [0.29, 0.717) is 28.8 Å².